The first-order chi connectivity index (χ1) is 10.7. The lowest BCUT2D eigenvalue weighted by molar-refractivity contribution is 0.0727. The quantitative estimate of drug-likeness (QED) is 0.672. The van der Waals surface area contributed by atoms with Crippen LogP contribution in [0, 0.1) is 0 Å². The van der Waals surface area contributed by atoms with Crippen molar-refractivity contribution in [2.75, 3.05) is 19.7 Å². The molecule has 0 aromatic carbocycles. The summed E-state index contributed by atoms with van der Waals surface area (Å²) in [5.41, 5.74) is 2.84. The molecular weight excluding hydrogens is 282 g/mol. The van der Waals surface area contributed by atoms with Gasteiger partial charge in [0.1, 0.15) is 17.7 Å². The Morgan fingerprint density at radius 2 is 2.27 bits per heavy atom. The third-order valence-corrected chi connectivity index (χ3v) is 3.58. The van der Waals surface area contributed by atoms with Gasteiger partial charge in [0.25, 0.3) is 5.91 Å². The van der Waals surface area contributed by atoms with Crippen LogP contribution >= 0.6 is 0 Å². The van der Waals surface area contributed by atoms with E-state index in [-0.39, 0.29) is 16.8 Å². The molecule has 0 aliphatic heterocycles. The van der Waals surface area contributed by atoms with Crippen molar-refractivity contribution in [2.45, 2.75) is 6.92 Å². The molecule has 3 rings (SSSR count). The summed E-state index contributed by atoms with van der Waals surface area (Å²) in [6.45, 7) is 2.69. The monoisotopic (exact) mass is 305 g/mol. The summed E-state index contributed by atoms with van der Waals surface area (Å²) in [4.78, 5) is 28.4. The first-order valence-electron chi connectivity index (χ1n) is 7.11. The minimum atomic E-state index is -0.137. The fraction of sp³-hybridized carbons (Fsp3) is 0.267. The van der Waals surface area contributed by atoms with Crippen molar-refractivity contribution in [3.63, 3.8) is 0 Å². The molecule has 0 radical (unpaired) electrons. The third kappa shape index (κ3) is 2.46. The van der Waals surface area contributed by atoms with Gasteiger partial charge in [-0.05, 0) is 19.1 Å². The van der Waals surface area contributed by atoms with Crippen LogP contribution in [0.1, 0.15) is 21.7 Å². The lowest BCUT2D eigenvalue weighted by Crippen LogP contribution is -2.33. The molecule has 0 aliphatic rings. The highest BCUT2D eigenvalue weighted by atomic mass is 16.3. The number of H-pyrrole nitrogens is 2. The van der Waals surface area contributed by atoms with Crippen molar-refractivity contribution in [1.82, 2.24) is 24.8 Å². The second kappa shape index (κ2) is 5.98. The van der Waals surface area contributed by atoms with Gasteiger partial charge >= 0.3 is 0 Å². The average molecular weight is 305 g/mol. The fourth-order valence-electron chi connectivity index (χ4n) is 2.45. The minimum absolute atomic E-state index is 0. The zero-order valence-corrected chi connectivity index (χ0v) is 12.2. The second-order valence-corrected chi connectivity index (χ2v) is 4.87. The molecule has 1 amide bonds. The van der Waals surface area contributed by atoms with Gasteiger partial charge in [-0.1, -0.05) is 0 Å². The van der Waals surface area contributed by atoms with Crippen molar-refractivity contribution in [2.24, 2.45) is 0 Å². The van der Waals surface area contributed by atoms with Gasteiger partial charge in [-0.15, -0.1) is 0 Å². The second-order valence-electron chi connectivity index (χ2n) is 4.87. The maximum absolute atomic E-state index is 12.4. The molecule has 0 saturated heterocycles. The number of rotatable bonds is 5. The summed E-state index contributed by atoms with van der Waals surface area (Å²) in [6.07, 6.45) is 5.06. The largest absolute Gasteiger partial charge is 0.395 e. The predicted molar refractivity (Wildman–Crippen MR) is 88.7 cm³/mol. The van der Waals surface area contributed by atoms with Gasteiger partial charge < -0.3 is 20.0 Å². The highest BCUT2D eigenvalue weighted by Gasteiger charge is 2.17. The van der Waals surface area contributed by atoms with Crippen LogP contribution in [0.2, 0.25) is 0 Å². The molecule has 0 saturated carbocycles. The number of aliphatic hydroxyl groups is 1. The molecule has 7 heteroatoms. The van der Waals surface area contributed by atoms with Crippen LogP contribution in [-0.2, 0) is 0 Å². The predicted octanol–water partition coefficient (Wildman–Crippen LogP) is 2.15. The van der Waals surface area contributed by atoms with Gasteiger partial charge in [0.05, 0.1) is 12.3 Å². The number of nitrogens with one attached hydrogen (secondary N) is 2. The molecule has 0 bridgehead atoms. The molecule has 0 fully saturated rings. The van der Waals surface area contributed by atoms with E-state index in [0.717, 1.165) is 22.3 Å². The van der Waals surface area contributed by atoms with Gasteiger partial charge in [0.2, 0.25) is 0 Å². The first-order valence-corrected chi connectivity index (χ1v) is 7.11. The summed E-state index contributed by atoms with van der Waals surface area (Å²) < 4.78 is 0. The Bertz CT molecular complexity index is 805. The van der Waals surface area contributed by atoms with E-state index >= 15 is 0 Å². The zero-order valence-electron chi connectivity index (χ0n) is 12.2. The van der Waals surface area contributed by atoms with Crippen LogP contribution in [0.5, 0.6) is 0 Å². The van der Waals surface area contributed by atoms with Gasteiger partial charge in [-0.25, -0.2) is 9.97 Å². The number of hydrogen-bond donors (Lipinski definition) is 3. The smallest absolute Gasteiger partial charge is 0.270 e. The van der Waals surface area contributed by atoms with Gasteiger partial charge in [-0.3, -0.25) is 4.79 Å². The maximum atomic E-state index is 12.4. The Hall–Kier alpha value is -2.67. The van der Waals surface area contributed by atoms with Gasteiger partial charge in [-0.2, -0.15) is 0 Å². The Balaban J connectivity index is 0.00000192. The van der Waals surface area contributed by atoms with E-state index in [1.807, 2.05) is 19.2 Å². The molecule has 3 heterocycles. The van der Waals surface area contributed by atoms with Gasteiger partial charge in [0, 0.05) is 40.7 Å². The Labute approximate surface area is 131 Å². The van der Waals surface area contributed by atoms with Gasteiger partial charge in [0.15, 0.2) is 0 Å². The van der Waals surface area contributed by atoms with Crippen molar-refractivity contribution in [1.29, 1.82) is 0 Å². The molecular formula is C15H23N5O2. The molecule has 3 N–H and O–H groups in total. The number of aliphatic hydroxyl groups excluding tert-OH is 1. The number of hydrogen-bond acceptors (Lipinski definition) is 4. The third-order valence-electron chi connectivity index (χ3n) is 3.58. The maximum Gasteiger partial charge on any atom is 0.270 e. The van der Waals surface area contributed by atoms with E-state index in [2.05, 4.69) is 19.9 Å². The van der Waals surface area contributed by atoms with Crippen LogP contribution in [0.3, 0.4) is 0 Å². The van der Waals surface area contributed by atoms with E-state index in [4.69, 9.17) is 5.11 Å². The van der Waals surface area contributed by atoms with Crippen molar-refractivity contribution in [3.8, 4) is 11.3 Å². The van der Waals surface area contributed by atoms with E-state index < -0.39 is 0 Å². The molecule has 0 aliphatic carbocycles. The van der Waals surface area contributed by atoms with Crippen LogP contribution < -0.4 is 0 Å². The number of aromatic amines is 2. The molecule has 7 nitrogen and oxygen atoms in total. The topological polar surface area (TPSA) is 97.9 Å². The number of amides is 1. The Morgan fingerprint density at radius 3 is 3.05 bits per heavy atom. The fourth-order valence-corrected chi connectivity index (χ4v) is 2.45. The van der Waals surface area contributed by atoms with Crippen LogP contribution in [0.25, 0.3) is 22.3 Å². The zero-order chi connectivity index (χ0) is 15.5. The number of fused-ring (bicyclic) bond motifs is 1. The molecule has 120 valence electrons. The first kappa shape index (κ1) is 14.3. The molecule has 3 aromatic heterocycles. The van der Waals surface area contributed by atoms with E-state index in [1.165, 1.54) is 6.33 Å². The highest BCUT2D eigenvalue weighted by Crippen LogP contribution is 2.25. The molecule has 0 spiro atoms. The lowest BCUT2D eigenvalue weighted by atomic mass is 10.1. The summed E-state index contributed by atoms with van der Waals surface area (Å²) in [5.74, 6) is -0.137. The van der Waals surface area contributed by atoms with Crippen LogP contribution in [0.4, 0.5) is 0 Å². The van der Waals surface area contributed by atoms with E-state index in [0.29, 0.717) is 18.8 Å². The number of carbonyl (C=O) groups is 1. The normalized spacial score (nSPS) is 11.0. The number of aromatic nitrogens is 4. The average Bonchev–Trinajstić information content (AvgIpc) is 3.20. The molecule has 3 aromatic rings. The highest BCUT2D eigenvalue weighted by molar-refractivity contribution is 5.96. The summed E-state index contributed by atoms with van der Waals surface area (Å²) in [5, 5.41) is 9.92. The Kier molecular flexibility index (Phi) is 3.88. The van der Waals surface area contributed by atoms with Crippen LogP contribution in [0.15, 0.2) is 30.9 Å². The van der Waals surface area contributed by atoms with E-state index in [1.54, 1.807) is 17.2 Å². The lowest BCUT2D eigenvalue weighted by Gasteiger charge is -2.18. The number of carbonyl (C=O) groups excluding carboxylic acids is 1. The van der Waals surface area contributed by atoms with Crippen molar-refractivity contribution < 1.29 is 14.2 Å². The summed E-state index contributed by atoms with van der Waals surface area (Å²) in [7, 11) is 0. The minimum Gasteiger partial charge on any atom is -0.395 e. The summed E-state index contributed by atoms with van der Waals surface area (Å²) >= 11 is 0. The molecule has 0 atom stereocenters. The number of nitrogens with zero attached hydrogens (tertiary/aromatic N) is 3. The van der Waals surface area contributed by atoms with Crippen molar-refractivity contribution in [3.05, 3.63) is 36.5 Å². The van der Waals surface area contributed by atoms with Crippen LogP contribution in [-0.4, -0.2) is 55.5 Å². The molecule has 0 unspecified atom stereocenters. The van der Waals surface area contributed by atoms with Crippen molar-refractivity contribution >= 4 is 16.9 Å². The summed E-state index contributed by atoms with van der Waals surface area (Å²) in [6, 6.07) is 3.68. The van der Waals surface area contributed by atoms with E-state index in [9.17, 15) is 4.79 Å². The Morgan fingerprint density at radius 1 is 1.41 bits per heavy atom. The standard InChI is InChI=1S/C15H17N5O2.3H2/c1-2-20(5-6-21)15(22)12-7-10(8-17-12)13-11-3-4-16-14(11)19-9-18-13;;;/h3-4,7-9,17,21H,2,5-6H2,1H3,(H,16,18,19);3*1H. The SMILES string of the molecule is CCN(CCO)C(=O)c1cc(-c2ncnc3[nH]ccc23)c[nH]1.[HH].[HH].[HH]. The number of likely N-dealkylation sites (N-methyl/N-ethyl adjacent to an activating group) is 1. The molecule has 22 heavy (non-hydrogen) atoms.